The zero-order chi connectivity index (χ0) is 17.5. The molecule has 1 amide bonds. The third-order valence-electron chi connectivity index (χ3n) is 3.58. The topological polar surface area (TPSA) is 66.9 Å². The molecule has 0 atom stereocenters. The molecule has 1 aromatic heterocycles. The smallest absolute Gasteiger partial charge is 0.258 e. The van der Waals surface area contributed by atoms with Crippen LogP contribution in [0.1, 0.15) is 15.9 Å². The maximum Gasteiger partial charge on any atom is 0.258 e. The number of carbonyl (C=O) groups excluding carboxylic acids is 1. The van der Waals surface area contributed by atoms with Gasteiger partial charge >= 0.3 is 0 Å². The first-order chi connectivity index (χ1) is 12.2. The highest BCUT2D eigenvalue weighted by molar-refractivity contribution is 9.10. The van der Waals surface area contributed by atoms with Gasteiger partial charge in [0.2, 0.25) is 5.95 Å². The number of halogens is 1. The molecule has 25 heavy (non-hydrogen) atoms. The molecule has 0 spiro atoms. The highest BCUT2D eigenvalue weighted by Gasteiger charge is 2.09. The molecule has 3 aromatic rings. The van der Waals surface area contributed by atoms with Gasteiger partial charge in [-0.15, -0.1) is 0 Å². The van der Waals surface area contributed by atoms with Crippen molar-refractivity contribution in [1.29, 1.82) is 0 Å². The number of nitrogens with zero attached hydrogens (tertiary/aromatic N) is 2. The van der Waals surface area contributed by atoms with Crippen LogP contribution in [0.25, 0.3) is 0 Å². The number of rotatable bonds is 6. The third-order valence-corrected chi connectivity index (χ3v) is 4.27. The number of hydrogen-bond donors (Lipinski definition) is 2. The van der Waals surface area contributed by atoms with Gasteiger partial charge in [0.15, 0.2) is 0 Å². The summed E-state index contributed by atoms with van der Waals surface area (Å²) in [5, 5.41) is 5.98. The quantitative estimate of drug-likeness (QED) is 0.656. The Labute approximate surface area is 154 Å². The summed E-state index contributed by atoms with van der Waals surface area (Å²) >= 11 is 3.40. The molecule has 2 N–H and O–H groups in total. The lowest BCUT2D eigenvalue weighted by Crippen LogP contribution is -2.14. The highest BCUT2D eigenvalue weighted by atomic mass is 79.9. The van der Waals surface area contributed by atoms with Crippen molar-refractivity contribution in [3.63, 3.8) is 0 Å². The monoisotopic (exact) mass is 396 g/mol. The Morgan fingerprint density at radius 3 is 2.36 bits per heavy atom. The molecule has 0 unspecified atom stereocenters. The largest absolute Gasteiger partial charge is 0.354 e. The maximum absolute atomic E-state index is 12.2. The lowest BCUT2D eigenvalue weighted by atomic mass is 10.1. The second-order valence-corrected chi connectivity index (χ2v) is 6.25. The van der Waals surface area contributed by atoms with E-state index in [-0.39, 0.29) is 5.91 Å². The van der Waals surface area contributed by atoms with Crippen molar-refractivity contribution in [1.82, 2.24) is 9.97 Å². The van der Waals surface area contributed by atoms with Crippen LogP contribution in [0.5, 0.6) is 0 Å². The molecule has 6 heteroatoms. The van der Waals surface area contributed by atoms with Crippen LogP contribution in [-0.4, -0.2) is 22.4 Å². The van der Waals surface area contributed by atoms with E-state index in [0.29, 0.717) is 17.2 Å². The van der Waals surface area contributed by atoms with Gasteiger partial charge in [0.1, 0.15) is 0 Å². The second-order valence-electron chi connectivity index (χ2n) is 5.39. The summed E-state index contributed by atoms with van der Waals surface area (Å²) in [6, 6.07) is 17.6. The summed E-state index contributed by atoms with van der Waals surface area (Å²) in [6.07, 6.45) is 3.92. The van der Waals surface area contributed by atoms with E-state index in [9.17, 15) is 4.79 Å². The fourth-order valence-corrected chi connectivity index (χ4v) is 2.64. The predicted molar refractivity (Wildman–Crippen MR) is 103 cm³/mol. The molecule has 0 saturated heterocycles. The van der Waals surface area contributed by atoms with Crippen molar-refractivity contribution < 1.29 is 4.79 Å². The fraction of sp³-hybridized carbons (Fsp3) is 0.105. The van der Waals surface area contributed by atoms with Crippen LogP contribution in [0.2, 0.25) is 0 Å². The van der Waals surface area contributed by atoms with Crippen molar-refractivity contribution in [2.24, 2.45) is 0 Å². The molecule has 0 radical (unpaired) electrons. The van der Waals surface area contributed by atoms with Crippen LogP contribution >= 0.6 is 15.9 Å². The number of benzene rings is 2. The first kappa shape index (κ1) is 17.1. The molecule has 0 aliphatic rings. The Kier molecular flexibility index (Phi) is 5.74. The van der Waals surface area contributed by atoms with Crippen LogP contribution in [-0.2, 0) is 6.42 Å². The number of carbonyl (C=O) groups is 1. The summed E-state index contributed by atoms with van der Waals surface area (Å²) in [5.74, 6) is 0.260. The minimum Gasteiger partial charge on any atom is -0.354 e. The van der Waals surface area contributed by atoms with Crippen LogP contribution in [0.3, 0.4) is 0 Å². The summed E-state index contributed by atoms with van der Waals surface area (Å²) in [6.45, 7) is 0.729. The summed E-state index contributed by atoms with van der Waals surface area (Å²) < 4.78 is 0.823. The molecular weight excluding hydrogens is 380 g/mol. The van der Waals surface area contributed by atoms with E-state index in [4.69, 9.17) is 0 Å². The number of anilines is 2. The Balaban J connectivity index is 1.54. The van der Waals surface area contributed by atoms with Gasteiger partial charge in [0.25, 0.3) is 5.91 Å². The first-order valence-corrected chi connectivity index (χ1v) is 8.67. The number of aromatic nitrogens is 2. The minimum atomic E-state index is -0.247. The van der Waals surface area contributed by atoms with Gasteiger partial charge in [-0.2, -0.15) is 0 Å². The van der Waals surface area contributed by atoms with E-state index in [1.54, 1.807) is 0 Å². The van der Waals surface area contributed by atoms with Crippen molar-refractivity contribution in [2.75, 3.05) is 17.2 Å². The van der Waals surface area contributed by atoms with Crippen LogP contribution in [0.4, 0.5) is 11.6 Å². The summed E-state index contributed by atoms with van der Waals surface area (Å²) in [7, 11) is 0. The van der Waals surface area contributed by atoms with Crippen molar-refractivity contribution in [3.05, 3.63) is 82.6 Å². The van der Waals surface area contributed by atoms with Gasteiger partial charge < -0.3 is 10.6 Å². The van der Waals surface area contributed by atoms with Crippen LogP contribution in [0.15, 0.2) is 71.5 Å². The van der Waals surface area contributed by atoms with Crippen LogP contribution < -0.4 is 10.6 Å². The second kappa shape index (κ2) is 8.39. The standard InChI is InChI=1S/C19H17BrN4O/c20-16-8-4-5-9-17(16)24-18(25)15-12-22-19(23-13-15)21-11-10-14-6-2-1-3-7-14/h1-9,12-13H,10-11H2,(H,24,25)(H,21,22,23). The third kappa shape index (κ3) is 4.87. The molecule has 0 bridgehead atoms. The van der Waals surface area contributed by atoms with E-state index < -0.39 is 0 Å². The van der Waals surface area contributed by atoms with Gasteiger partial charge in [-0.25, -0.2) is 9.97 Å². The molecule has 0 aliphatic carbocycles. The molecule has 0 saturated carbocycles. The average molecular weight is 397 g/mol. The number of amides is 1. The lowest BCUT2D eigenvalue weighted by molar-refractivity contribution is 0.102. The zero-order valence-corrected chi connectivity index (χ0v) is 15.0. The van der Waals surface area contributed by atoms with Crippen molar-refractivity contribution >= 4 is 33.5 Å². The molecule has 0 aliphatic heterocycles. The van der Waals surface area contributed by atoms with Gasteiger partial charge in [0, 0.05) is 23.4 Å². The number of nitrogens with one attached hydrogen (secondary N) is 2. The number of hydrogen-bond acceptors (Lipinski definition) is 4. The zero-order valence-electron chi connectivity index (χ0n) is 13.4. The molecule has 3 rings (SSSR count). The summed E-state index contributed by atoms with van der Waals surface area (Å²) in [4.78, 5) is 20.6. The summed E-state index contributed by atoms with van der Waals surface area (Å²) in [5.41, 5.74) is 2.36. The maximum atomic E-state index is 12.2. The highest BCUT2D eigenvalue weighted by Crippen LogP contribution is 2.21. The Hall–Kier alpha value is -2.73. The van der Waals surface area contributed by atoms with E-state index in [1.165, 1.54) is 18.0 Å². The SMILES string of the molecule is O=C(Nc1ccccc1Br)c1cnc(NCCc2ccccc2)nc1. The van der Waals surface area contributed by atoms with E-state index in [1.807, 2.05) is 42.5 Å². The van der Waals surface area contributed by atoms with E-state index >= 15 is 0 Å². The molecule has 0 fully saturated rings. The van der Waals surface area contributed by atoms with Crippen molar-refractivity contribution in [3.8, 4) is 0 Å². The normalized spacial score (nSPS) is 10.3. The minimum absolute atomic E-state index is 0.247. The molecular formula is C19H17BrN4O. The average Bonchev–Trinajstić information content (AvgIpc) is 2.65. The van der Waals surface area contributed by atoms with Gasteiger partial charge in [0.05, 0.1) is 11.3 Å². The first-order valence-electron chi connectivity index (χ1n) is 7.88. The van der Waals surface area contributed by atoms with Gasteiger partial charge in [-0.1, -0.05) is 42.5 Å². The Morgan fingerprint density at radius 1 is 0.960 bits per heavy atom. The predicted octanol–water partition coefficient (Wildman–Crippen LogP) is 4.15. The molecule has 1 heterocycles. The van der Waals surface area contributed by atoms with Gasteiger partial charge in [-0.3, -0.25) is 4.79 Å². The lowest BCUT2D eigenvalue weighted by Gasteiger charge is -2.08. The molecule has 2 aromatic carbocycles. The van der Waals surface area contributed by atoms with Crippen LogP contribution in [0, 0.1) is 0 Å². The van der Waals surface area contributed by atoms with Gasteiger partial charge in [-0.05, 0) is 40.0 Å². The number of para-hydroxylation sites is 1. The molecule has 5 nitrogen and oxygen atoms in total. The fourth-order valence-electron chi connectivity index (χ4n) is 2.26. The Morgan fingerprint density at radius 2 is 1.64 bits per heavy atom. The Bertz CT molecular complexity index is 838. The van der Waals surface area contributed by atoms with E-state index in [2.05, 4.69) is 48.7 Å². The molecule has 126 valence electrons. The van der Waals surface area contributed by atoms with E-state index in [0.717, 1.165) is 17.4 Å². The van der Waals surface area contributed by atoms with Crippen molar-refractivity contribution in [2.45, 2.75) is 6.42 Å².